The number of hydrogen-bond donors (Lipinski definition) is 1. The summed E-state index contributed by atoms with van der Waals surface area (Å²) in [6.07, 6.45) is 6.15. The van der Waals surface area contributed by atoms with Gasteiger partial charge in [-0.1, -0.05) is 5.92 Å². The summed E-state index contributed by atoms with van der Waals surface area (Å²) in [5.74, 6) is 6.67. The molecule has 0 spiro atoms. The van der Waals surface area contributed by atoms with Crippen LogP contribution in [0.15, 0.2) is 0 Å². The molecule has 0 radical (unpaired) electrons. The van der Waals surface area contributed by atoms with Crippen molar-refractivity contribution in [3.63, 3.8) is 0 Å². The predicted molar refractivity (Wildman–Crippen MR) is 68.0 cm³/mol. The van der Waals surface area contributed by atoms with Crippen molar-refractivity contribution in [2.45, 2.75) is 38.1 Å². The van der Waals surface area contributed by atoms with E-state index < -0.39 is 10.1 Å². The molecule has 1 N–H and O–H groups in total. The maximum absolute atomic E-state index is 10.7. The number of rotatable bonds is 4. The fourth-order valence-corrected chi connectivity index (χ4v) is 2.37. The van der Waals surface area contributed by atoms with Gasteiger partial charge in [-0.2, -0.15) is 8.42 Å². The summed E-state index contributed by atoms with van der Waals surface area (Å²) in [5.41, 5.74) is 0. The fourth-order valence-electron chi connectivity index (χ4n) is 1.99. The van der Waals surface area contributed by atoms with E-state index in [1.807, 2.05) is 7.05 Å². The van der Waals surface area contributed by atoms with Gasteiger partial charge in [-0.05, 0) is 32.7 Å². The predicted octanol–water partition coefficient (Wildman–Crippen LogP) is 1.13. The van der Waals surface area contributed by atoms with Gasteiger partial charge in [0, 0.05) is 18.4 Å². The van der Waals surface area contributed by atoms with Crippen LogP contribution in [-0.4, -0.2) is 34.4 Å². The van der Waals surface area contributed by atoms with E-state index in [1.54, 1.807) is 0 Å². The van der Waals surface area contributed by atoms with Gasteiger partial charge >= 0.3 is 0 Å². The molecule has 1 aliphatic carbocycles. The Morgan fingerprint density at radius 2 is 1.94 bits per heavy atom. The first-order valence-electron chi connectivity index (χ1n) is 6.01. The second kappa shape index (κ2) is 7.00. The third-order valence-electron chi connectivity index (χ3n) is 2.97. The van der Waals surface area contributed by atoms with Gasteiger partial charge in [-0.25, -0.2) is 0 Å². The molecule has 98 valence electrons. The molecule has 0 aromatic rings. The van der Waals surface area contributed by atoms with Crippen molar-refractivity contribution in [2.24, 2.45) is 5.92 Å². The first-order valence-corrected chi connectivity index (χ1v) is 7.83. The van der Waals surface area contributed by atoms with Crippen molar-refractivity contribution < 1.29 is 12.6 Å². The van der Waals surface area contributed by atoms with Crippen molar-refractivity contribution in [1.29, 1.82) is 0 Å². The Balaban J connectivity index is 2.18. The van der Waals surface area contributed by atoms with E-state index in [9.17, 15) is 8.42 Å². The third kappa shape index (κ3) is 6.67. The minimum absolute atomic E-state index is 0.164. The minimum atomic E-state index is -3.32. The number of hydrogen-bond acceptors (Lipinski definition) is 4. The van der Waals surface area contributed by atoms with Crippen molar-refractivity contribution in [1.82, 2.24) is 5.32 Å². The van der Waals surface area contributed by atoms with Crippen molar-refractivity contribution in [3.8, 4) is 11.8 Å². The first kappa shape index (κ1) is 14.5. The standard InChI is InChI=1S/C12H21NO3S/c1-13-12-8-6-11(7-9-12)5-3-4-10-16-17(2,14)15/h11-13H,4,6-10H2,1-2H3. The summed E-state index contributed by atoms with van der Waals surface area (Å²) in [4.78, 5) is 0. The second-order valence-corrected chi connectivity index (χ2v) is 6.08. The quantitative estimate of drug-likeness (QED) is 0.467. The molecule has 0 unspecified atom stereocenters. The Labute approximate surface area is 104 Å². The molecule has 1 saturated carbocycles. The molecule has 1 fully saturated rings. The molecule has 0 aromatic carbocycles. The molecule has 1 aliphatic rings. The lowest BCUT2D eigenvalue weighted by molar-refractivity contribution is 0.330. The van der Waals surface area contributed by atoms with Crippen LogP contribution in [0.5, 0.6) is 0 Å². The highest BCUT2D eigenvalue weighted by Crippen LogP contribution is 2.23. The SMILES string of the molecule is CNC1CCC(C#CCCOS(C)(=O)=O)CC1. The largest absolute Gasteiger partial charge is 0.317 e. The molecule has 0 aliphatic heterocycles. The lowest BCUT2D eigenvalue weighted by atomic mass is 9.86. The van der Waals surface area contributed by atoms with E-state index in [0.717, 1.165) is 19.1 Å². The van der Waals surface area contributed by atoms with Crippen LogP contribution in [0.4, 0.5) is 0 Å². The average molecular weight is 259 g/mol. The van der Waals surface area contributed by atoms with Crippen molar-refractivity contribution in [3.05, 3.63) is 0 Å². The summed E-state index contributed by atoms with van der Waals surface area (Å²) < 4.78 is 26.0. The highest BCUT2D eigenvalue weighted by atomic mass is 32.2. The summed E-state index contributed by atoms with van der Waals surface area (Å²) in [7, 11) is -1.32. The molecular formula is C12H21NO3S. The van der Waals surface area contributed by atoms with Crippen LogP contribution >= 0.6 is 0 Å². The minimum Gasteiger partial charge on any atom is -0.317 e. The van der Waals surface area contributed by atoms with Crippen LogP contribution in [0.1, 0.15) is 32.1 Å². The van der Waals surface area contributed by atoms with E-state index in [1.165, 1.54) is 12.8 Å². The summed E-state index contributed by atoms with van der Waals surface area (Å²) >= 11 is 0. The zero-order valence-electron chi connectivity index (χ0n) is 10.5. The smallest absolute Gasteiger partial charge is 0.264 e. The molecule has 1 rings (SSSR count). The van der Waals surface area contributed by atoms with Gasteiger partial charge in [0.1, 0.15) is 0 Å². The maximum Gasteiger partial charge on any atom is 0.264 e. The van der Waals surface area contributed by atoms with E-state index in [4.69, 9.17) is 0 Å². The van der Waals surface area contributed by atoms with Crippen LogP contribution in [0.2, 0.25) is 0 Å². The van der Waals surface area contributed by atoms with Gasteiger partial charge in [0.05, 0.1) is 12.9 Å². The molecule has 0 amide bonds. The summed E-state index contributed by atoms with van der Waals surface area (Å²) in [6.45, 7) is 0.164. The van der Waals surface area contributed by atoms with Crippen molar-refractivity contribution in [2.75, 3.05) is 19.9 Å². The summed E-state index contributed by atoms with van der Waals surface area (Å²) in [6, 6.07) is 0.640. The first-order chi connectivity index (χ1) is 8.01. The fraction of sp³-hybridized carbons (Fsp3) is 0.833. The third-order valence-corrected chi connectivity index (χ3v) is 3.56. The zero-order chi connectivity index (χ0) is 12.7. The average Bonchev–Trinajstić information content (AvgIpc) is 2.28. The number of nitrogens with one attached hydrogen (secondary N) is 1. The lowest BCUT2D eigenvalue weighted by Crippen LogP contribution is -2.29. The monoisotopic (exact) mass is 259 g/mol. The Morgan fingerprint density at radius 1 is 1.29 bits per heavy atom. The lowest BCUT2D eigenvalue weighted by Gasteiger charge is -2.24. The van der Waals surface area contributed by atoms with Gasteiger partial charge in [-0.15, -0.1) is 5.92 Å². The Bertz CT molecular complexity index is 372. The van der Waals surface area contributed by atoms with Gasteiger partial charge in [0.15, 0.2) is 0 Å². The van der Waals surface area contributed by atoms with Crippen molar-refractivity contribution >= 4 is 10.1 Å². The van der Waals surface area contributed by atoms with Crippen LogP contribution in [0.3, 0.4) is 0 Å². The molecule has 0 bridgehead atoms. The van der Waals surface area contributed by atoms with Gasteiger partial charge in [0.2, 0.25) is 0 Å². The van der Waals surface area contributed by atoms with E-state index in [0.29, 0.717) is 18.4 Å². The van der Waals surface area contributed by atoms with Crippen LogP contribution in [0, 0.1) is 17.8 Å². The van der Waals surface area contributed by atoms with E-state index in [-0.39, 0.29) is 6.61 Å². The molecule has 0 aromatic heterocycles. The van der Waals surface area contributed by atoms with E-state index >= 15 is 0 Å². The highest BCUT2D eigenvalue weighted by Gasteiger charge is 2.17. The maximum atomic E-state index is 10.7. The molecule has 0 atom stereocenters. The molecule has 17 heavy (non-hydrogen) atoms. The molecule has 4 nitrogen and oxygen atoms in total. The van der Waals surface area contributed by atoms with E-state index in [2.05, 4.69) is 21.3 Å². The normalized spacial score (nSPS) is 25.1. The van der Waals surface area contributed by atoms with Gasteiger partial charge in [0.25, 0.3) is 10.1 Å². The summed E-state index contributed by atoms with van der Waals surface area (Å²) in [5, 5.41) is 3.28. The van der Waals surface area contributed by atoms with Crippen LogP contribution < -0.4 is 5.32 Å². The highest BCUT2D eigenvalue weighted by molar-refractivity contribution is 7.85. The Hall–Kier alpha value is -0.570. The molecule has 0 heterocycles. The second-order valence-electron chi connectivity index (χ2n) is 4.43. The van der Waals surface area contributed by atoms with Gasteiger partial charge < -0.3 is 5.32 Å². The Kier molecular flexibility index (Phi) is 5.96. The molecule has 0 saturated heterocycles. The van der Waals surface area contributed by atoms with Gasteiger partial charge in [-0.3, -0.25) is 4.18 Å². The van der Waals surface area contributed by atoms with Crippen LogP contribution in [-0.2, 0) is 14.3 Å². The zero-order valence-corrected chi connectivity index (χ0v) is 11.3. The molecular weight excluding hydrogens is 238 g/mol. The Morgan fingerprint density at radius 3 is 2.47 bits per heavy atom. The topological polar surface area (TPSA) is 55.4 Å². The molecule has 5 heteroatoms. The van der Waals surface area contributed by atoms with Crippen LogP contribution in [0.25, 0.3) is 0 Å².